The molecule has 3 fully saturated rings. The highest BCUT2D eigenvalue weighted by Gasteiger charge is 2.47. The molecule has 7 N–H and O–H groups in total. The molecule has 3 heterocycles. The second-order valence-corrected chi connectivity index (χ2v) is 15.3. The van der Waals surface area contributed by atoms with E-state index in [1.165, 1.54) is 14.7 Å². The van der Waals surface area contributed by atoms with E-state index in [4.69, 9.17) is 25.4 Å². The topological polar surface area (TPSA) is 255 Å². The molecule has 0 saturated carbocycles. The van der Waals surface area contributed by atoms with Crippen LogP contribution in [-0.4, -0.2) is 125 Å². The molecule has 0 radical (unpaired) electrons. The number of nitrogens with zero attached hydrogens (tertiary/aromatic N) is 3. The molecule has 328 valence electrons. The first-order valence-electron chi connectivity index (χ1n) is 20.3. The first-order chi connectivity index (χ1) is 30.0. The van der Waals surface area contributed by atoms with Crippen molar-refractivity contribution in [2.75, 3.05) is 26.2 Å². The molecule has 0 bridgehead atoms. The molecular weight excluding hydrogens is 803 g/mol. The Hall–Kier alpha value is -7.18. The number of rotatable bonds is 16. The molecule has 3 aromatic rings. The SMILES string of the molecule is N=C(N)CCNC(=O)[C@H]1C[C@H](NC(=O)[C@H]2C[C@H](NC(=O)[C@H]3C[C@H](NC=O)CN3C(=O)OCc3ccccc3)CN2C(=O)OCc2ccccc2)CN1C(=O)OCc1ccccc1. The minimum absolute atomic E-state index is 0.0112. The Morgan fingerprint density at radius 3 is 1.31 bits per heavy atom. The van der Waals surface area contributed by atoms with Crippen LogP contribution in [-0.2, 0) is 53.2 Å². The van der Waals surface area contributed by atoms with Gasteiger partial charge in [0, 0.05) is 50.7 Å². The Labute approximate surface area is 358 Å². The standard InChI is InChI=1S/C43H51N9O10/c44-37(45)16-17-46-38(54)34-19-32(22-51(34)42(58)61-25-29-12-6-2-7-13-29)48-40(56)36-20-33(23-52(36)43(59)62-26-30-14-8-3-9-15-30)49-39(55)35-18-31(47-27-53)21-50(35)41(57)60-24-28-10-4-1-5-11-28/h1-15,27,31-36H,16-26H2,(H3,44,45)(H,46,54)(H,47,53)(H,48,56)(H,49,55)/t31-,32-,33-,34+,35+,36+/m0/s1. The van der Waals surface area contributed by atoms with Crippen LogP contribution in [0.1, 0.15) is 42.4 Å². The molecule has 62 heavy (non-hydrogen) atoms. The predicted molar refractivity (Wildman–Crippen MR) is 222 cm³/mol. The third-order valence-electron chi connectivity index (χ3n) is 10.8. The van der Waals surface area contributed by atoms with Crippen molar-refractivity contribution in [1.82, 2.24) is 36.0 Å². The first-order valence-corrected chi connectivity index (χ1v) is 20.3. The number of amidine groups is 1. The lowest BCUT2D eigenvalue weighted by Gasteiger charge is -2.25. The van der Waals surface area contributed by atoms with E-state index >= 15 is 0 Å². The lowest BCUT2D eigenvalue weighted by Crippen LogP contribution is -2.50. The zero-order valence-corrected chi connectivity index (χ0v) is 34.0. The molecule has 19 heteroatoms. The molecule has 3 aliphatic heterocycles. The van der Waals surface area contributed by atoms with Crippen molar-refractivity contribution in [1.29, 1.82) is 5.41 Å². The van der Waals surface area contributed by atoms with E-state index in [0.717, 1.165) is 11.1 Å². The average Bonchev–Trinajstić information content (AvgIpc) is 4.03. The number of nitrogens with two attached hydrogens (primary N) is 1. The molecule has 0 aliphatic carbocycles. The molecule has 0 spiro atoms. The van der Waals surface area contributed by atoms with Gasteiger partial charge in [0.2, 0.25) is 24.1 Å². The molecule has 3 aromatic carbocycles. The number of hydrogen-bond donors (Lipinski definition) is 6. The largest absolute Gasteiger partial charge is 0.445 e. The van der Waals surface area contributed by atoms with Gasteiger partial charge in [0.15, 0.2) is 0 Å². The number of ether oxygens (including phenoxy) is 3. The minimum atomic E-state index is -1.15. The van der Waals surface area contributed by atoms with Gasteiger partial charge in [-0.25, -0.2) is 14.4 Å². The number of amides is 7. The summed E-state index contributed by atoms with van der Waals surface area (Å²) in [6, 6.07) is 21.7. The predicted octanol–water partition coefficient (Wildman–Crippen LogP) is 1.75. The van der Waals surface area contributed by atoms with E-state index in [2.05, 4.69) is 21.3 Å². The summed E-state index contributed by atoms with van der Waals surface area (Å²) >= 11 is 0. The molecule has 0 aromatic heterocycles. The van der Waals surface area contributed by atoms with Crippen LogP contribution in [0, 0.1) is 5.41 Å². The number of carbonyl (C=O) groups is 7. The van der Waals surface area contributed by atoms with Crippen molar-refractivity contribution in [3.8, 4) is 0 Å². The fourth-order valence-corrected chi connectivity index (χ4v) is 7.72. The van der Waals surface area contributed by atoms with Gasteiger partial charge >= 0.3 is 18.3 Å². The number of carbonyl (C=O) groups excluding carboxylic acids is 7. The van der Waals surface area contributed by atoms with Crippen molar-refractivity contribution in [3.05, 3.63) is 108 Å². The zero-order chi connectivity index (χ0) is 44.0. The summed E-state index contributed by atoms with van der Waals surface area (Å²) in [4.78, 5) is 96.8. The Morgan fingerprint density at radius 1 is 0.581 bits per heavy atom. The van der Waals surface area contributed by atoms with Gasteiger partial charge < -0.3 is 41.2 Å². The maximum atomic E-state index is 14.2. The van der Waals surface area contributed by atoms with E-state index in [-0.39, 0.29) is 77.5 Å². The van der Waals surface area contributed by atoms with Gasteiger partial charge in [0.25, 0.3) is 0 Å². The van der Waals surface area contributed by atoms with Gasteiger partial charge in [-0.3, -0.25) is 39.3 Å². The number of hydrogen-bond acceptors (Lipinski definition) is 11. The van der Waals surface area contributed by atoms with Crippen LogP contribution < -0.4 is 27.0 Å². The summed E-state index contributed by atoms with van der Waals surface area (Å²) < 4.78 is 16.7. The lowest BCUT2D eigenvalue weighted by molar-refractivity contribution is -0.127. The average molecular weight is 854 g/mol. The van der Waals surface area contributed by atoms with Gasteiger partial charge in [-0.2, -0.15) is 0 Å². The van der Waals surface area contributed by atoms with E-state index in [0.29, 0.717) is 12.0 Å². The summed E-state index contributed by atoms with van der Waals surface area (Å²) in [5, 5.41) is 18.6. The quantitative estimate of drug-likeness (QED) is 0.0524. The van der Waals surface area contributed by atoms with Crippen LogP contribution >= 0.6 is 0 Å². The first kappa shape index (κ1) is 44.4. The fraction of sp³-hybridized carbons (Fsp3) is 0.395. The summed E-state index contributed by atoms with van der Waals surface area (Å²) in [6.07, 6.45) is -1.67. The molecule has 6 rings (SSSR count). The zero-order valence-electron chi connectivity index (χ0n) is 34.0. The number of benzene rings is 3. The Kier molecular flexibility index (Phi) is 15.3. The summed E-state index contributed by atoms with van der Waals surface area (Å²) in [7, 11) is 0. The van der Waals surface area contributed by atoms with Crippen molar-refractivity contribution in [2.45, 2.75) is 81.8 Å². The molecule has 0 unspecified atom stereocenters. The van der Waals surface area contributed by atoms with Crippen molar-refractivity contribution < 1.29 is 47.8 Å². The monoisotopic (exact) mass is 853 g/mol. The van der Waals surface area contributed by atoms with Crippen molar-refractivity contribution in [3.63, 3.8) is 0 Å². The van der Waals surface area contributed by atoms with Gasteiger partial charge in [0.1, 0.15) is 37.9 Å². The third-order valence-corrected chi connectivity index (χ3v) is 10.8. The van der Waals surface area contributed by atoms with Crippen molar-refractivity contribution >= 4 is 48.2 Å². The number of likely N-dealkylation sites (tertiary alicyclic amines) is 3. The third kappa shape index (κ3) is 12.0. The lowest BCUT2D eigenvalue weighted by atomic mass is 10.1. The summed E-state index contributed by atoms with van der Waals surface area (Å²) in [5.74, 6) is -1.83. The molecule has 3 aliphatic rings. The van der Waals surface area contributed by atoms with E-state index in [9.17, 15) is 33.6 Å². The summed E-state index contributed by atoms with van der Waals surface area (Å²) in [5.41, 5.74) is 7.65. The molecule has 19 nitrogen and oxygen atoms in total. The molecule has 7 amide bonds. The van der Waals surface area contributed by atoms with Crippen molar-refractivity contribution in [2.24, 2.45) is 5.73 Å². The Bertz CT molecular complexity index is 2060. The van der Waals surface area contributed by atoms with Crippen LogP contribution in [0.4, 0.5) is 14.4 Å². The highest BCUT2D eigenvalue weighted by atomic mass is 16.6. The molecule has 3 saturated heterocycles. The highest BCUT2D eigenvalue weighted by molar-refractivity contribution is 5.90. The Morgan fingerprint density at radius 2 is 0.935 bits per heavy atom. The van der Waals surface area contributed by atoms with Crippen LogP contribution in [0.3, 0.4) is 0 Å². The fourth-order valence-electron chi connectivity index (χ4n) is 7.72. The second-order valence-electron chi connectivity index (χ2n) is 15.3. The summed E-state index contributed by atoms with van der Waals surface area (Å²) in [6.45, 7) is -0.307. The van der Waals surface area contributed by atoms with Crippen LogP contribution in [0.25, 0.3) is 0 Å². The molecule has 6 atom stereocenters. The minimum Gasteiger partial charge on any atom is -0.445 e. The van der Waals surface area contributed by atoms with Crippen LogP contribution in [0.5, 0.6) is 0 Å². The highest BCUT2D eigenvalue weighted by Crippen LogP contribution is 2.26. The van der Waals surface area contributed by atoms with Crippen LogP contribution in [0.2, 0.25) is 0 Å². The maximum Gasteiger partial charge on any atom is 0.410 e. The second kappa shape index (κ2) is 21.4. The normalized spacial score (nSPS) is 21.6. The van der Waals surface area contributed by atoms with Gasteiger partial charge in [-0.05, 0) is 36.0 Å². The van der Waals surface area contributed by atoms with E-state index < -0.39 is 72.3 Å². The smallest absolute Gasteiger partial charge is 0.410 e. The van der Waals surface area contributed by atoms with E-state index in [1.807, 2.05) is 18.2 Å². The van der Waals surface area contributed by atoms with Gasteiger partial charge in [-0.1, -0.05) is 91.0 Å². The maximum absolute atomic E-state index is 14.2. The molecular formula is C43H51N9O10. The van der Waals surface area contributed by atoms with Gasteiger partial charge in [0.05, 0.1) is 5.84 Å². The number of nitrogens with one attached hydrogen (secondary N) is 5. The van der Waals surface area contributed by atoms with E-state index in [1.54, 1.807) is 72.8 Å². The Balaban J connectivity index is 1.14. The van der Waals surface area contributed by atoms with Gasteiger partial charge in [-0.15, -0.1) is 0 Å². The van der Waals surface area contributed by atoms with Crippen LogP contribution in [0.15, 0.2) is 91.0 Å².